The number of allylic oxidation sites excluding steroid dienone is 1. The van der Waals surface area contributed by atoms with Crippen LogP contribution in [0.3, 0.4) is 0 Å². The summed E-state index contributed by atoms with van der Waals surface area (Å²) in [6, 6.07) is 14.6. The summed E-state index contributed by atoms with van der Waals surface area (Å²) in [4.78, 5) is 14.0. The van der Waals surface area contributed by atoms with Crippen LogP contribution < -0.4 is 4.74 Å². The van der Waals surface area contributed by atoms with Gasteiger partial charge in [0, 0.05) is 24.1 Å². The molecule has 4 nitrogen and oxygen atoms in total. The first-order valence-electron chi connectivity index (χ1n) is 11.7. The Morgan fingerprint density at radius 1 is 1.18 bits per heavy atom. The monoisotopic (exact) mass is 595 g/mol. The van der Waals surface area contributed by atoms with Gasteiger partial charge in [-0.3, -0.25) is 14.1 Å². The van der Waals surface area contributed by atoms with E-state index in [-0.39, 0.29) is 35.7 Å². The summed E-state index contributed by atoms with van der Waals surface area (Å²) in [6.45, 7) is 2.37. The Balaban J connectivity index is 0.00000324. The number of hydrogen-bond donors (Lipinski definition) is 0. The zero-order chi connectivity index (χ0) is 23.2. The molecule has 1 atom stereocenters. The molecule has 2 aromatic carbocycles. The summed E-state index contributed by atoms with van der Waals surface area (Å²) in [5, 5.41) is 0. The maximum absolute atomic E-state index is 12.4. The molecule has 0 unspecified atom stereocenters. The maximum atomic E-state index is 12.4. The van der Waals surface area contributed by atoms with Crippen molar-refractivity contribution < 1.29 is 18.7 Å². The average molecular weight is 597 g/mol. The molecule has 7 heteroatoms. The lowest BCUT2D eigenvalue weighted by Crippen LogP contribution is -2.26. The highest BCUT2D eigenvalue weighted by Crippen LogP contribution is 2.38. The molecule has 0 N–H and O–H groups in total. The average Bonchev–Trinajstić information content (AvgIpc) is 3.20. The molecule has 1 fully saturated rings. The fourth-order valence-electron chi connectivity index (χ4n) is 4.74. The van der Waals surface area contributed by atoms with Gasteiger partial charge in [0.25, 0.3) is 0 Å². The van der Waals surface area contributed by atoms with Crippen molar-refractivity contribution in [3.05, 3.63) is 69.2 Å². The highest BCUT2D eigenvalue weighted by Gasteiger charge is 2.24. The number of ether oxygens (including phenoxy) is 2. The molecule has 0 radical (unpaired) electrons. The molecule has 0 saturated carbocycles. The lowest BCUT2D eigenvalue weighted by Gasteiger charge is -2.17. The second-order valence-corrected chi connectivity index (χ2v) is 9.73. The number of esters is 1. The van der Waals surface area contributed by atoms with Gasteiger partial charge in [0.15, 0.2) is 0 Å². The van der Waals surface area contributed by atoms with Crippen LogP contribution in [0.2, 0.25) is 0 Å². The Kier molecular flexibility index (Phi) is 10.2. The van der Waals surface area contributed by atoms with Gasteiger partial charge >= 0.3 is 5.97 Å². The third kappa shape index (κ3) is 6.70. The quantitative estimate of drug-likeness (QED) is 0.336. The molecule has 0 aromatic heterocycles. The normalized spacial score (nSPS) is 18.1. The number of hydrogen-bond acceptors (Lipinski definition) is 4. The van der Waals surface area contributed by atoms with Crippen molar-refractivity contribution in [2.24, 2.45) is 0 Å². The lowest BCUT2D eigenvalue weighted by molar-refractivity contribution is -0.139. The minimum atomic E-state index is -0.259. The number of aryl methyl sites for hydroxylation is 1. The fourth-order valence-corrected chi connectivity index (χ4v) is 5.46. The fraction of sp³-hybridized carbons (Fsp3) is 0.444. The van der Waals surface area contributed by atoms with Crippen molar-refractivity contribution in [3.63, 3.8) is 0 Å². The van der Waals surface area contributed by atoms with E-state index in [9.17, 15) is 9.18 Å². The molecule has 1 heterocycles. The summed E-state index contributed by atoms with van der Waals surface area (Å²) >= 11 is 3.84. The van der Waals surface area contributed by atoms with Crippen molar-refractivity contribution in [3.8, 4) is 5.75 Å². The Hall–Kier alpha value is -1.70. The van der Waals surface area contributed by atoms with Crippen molar-refractivity contribution in [2.75, 3.05) is 33.4 Å². The van der Waals surface area contributed by atoms with E-state index in [1.54, 1.807) is 0 Å². The van der Waals surface area contributed by atoms with Crippen LogP contribution in [0.4, 0.5) is 4.39 Å². The van der Waals surface area contributed by atoms with Gasteiger partial charge in [-0.2, -0.15) is 0 Å². The summed E-state index contributed by atoms with van der Waals surface area (Å²) in [5.74, 6) is 0.652. The number of likely N-dealkylation sites (tertiary alicyclic amines) is 1. The van der Waals surface area contributed by atoms with Gasteiger partial charge in [-0.05, 0) is 72.1 Å². The van der Waals surface area contributed by atoms with E-state index < -0.39 is 0 Å². The second kappa shape index (κ2) is 12.8. The first kappa shape index (κ1) is 26.9. The van der Waals surface area contributed by atoms with Gasteiger partial charge in [-0.25, -0.2) is 0 Å². The zero-order valence-electron chi connectivity index (χ0n) is 19.5. The molecule has 1 aliphatic heterocycles. The molecule has 1 saturated heterocycles. The lowest BCUT2D eigenvalue weighted by atomic mass is 9.92. The Labute approximate surface area is 220 Å². The van der Waals surface area contributed by atoms with Gasteiger partial charge in [-0.1, -0.05) is 46.3 Å². The summed E-state index contributed by atoms with van der Waals surface area (Å²) < 4.78 is 24.7. The minimum Gasteiger partial charge on any atom is -0.489 e. The van der Waals surface area contributed by atoms with E-state index in [1.807, 2.05) is 18.2 Å². The second-order valence-electron chi connectivity index (χ2n) is 8.77. The molecule has 2 aromatic rings. The van der Waals surface area contributed by atoms with Gasteiger partial charge in [0.2, 0.25) is 0 Å². The maximum Gasteiger partial charge on any atom is 0.309 e. The zero-order valence-corrected chi connectivity index (χ0v) is 22.8. The van der Waals surface area contributed by atoms with Crippen molar-refractivity contribution >= 4 is 44.5 Å². The van der Waals surface area contributed by atoms with Crippen molar-refractivity contribution in [1.82, 2.24) is 4.90 Å². The number of benzene rings is 2. The van der Waals surface area contributed by atoms with Crippen LogP contribution >= 0.6 is 32.9 Å². The Morgan fingerprint density at radius 3 is 2.71 bits per heavy atom. The third-order valence-electron chi connectivity index (χ3n) is 6.41. The van der Waals surface area contributed by atoms with Crippen LogP contribution in [0.15, 0.2) is 46.9 Å². The largest absolute Gasteiger partial charge is 0.489 e. The molecular formula is C27H32Br2FNO3. The number of rotatable bonds is 8. The standard InChI is InChI=1S/C27H31BrFNO3.BrH/c1-32-26(31)17-19-6-11-24-21(16-19)4-2-5-25(28)27(24)20-7-9-22(10-8-20)33-23-12-15-30(18-23)14-3-13-29;/h6-11,16,23H,2-5,12-15,17-18H2,1H3;1H/t23-;/m0./s1. The van der Waals surface area contributed by atoms with Crippen molar-refractivity contribution in [2.45, 2.75) is 44.6 Å². The van der Waals surface area contributed by atoms with Gasteiger partial charge in [-0.15, -0.1) is 17.0 Å². The molecule has 0 spiro atoms. The van der Waals surface area contributed by atoms with Crippen LogP contribution in [0, 0.1) is 0 Å². The number of carbonyl (C=O) groups is 1. The summed E-state index contributed by atoms with van der Waals surface area (Å²) in [6.07, 6.45) is 5.04. The number of carbonyl (C=O) groups excluding carboxylic acids is 1. The van der Waals surface area contributed by atoms with E-state index in [1.165, 1.54) is 28.3 Å². The summed E-state index contributed by atoms with van der Waals surface area (Å²) in [5.41, 5.74) is 5.81. The molecule has 1 aliphatic carbocycles. The molecular weight excluding hydrogens is 565 g/mol. The van der Waals surface area contributed by atoms with E-state index in [4.69, 9.17) is 9.47 Å². The van der Waals surface area contributed by atoms with Crippen molar-refractivity contribution in [1.29, 1.82) is 0 Å². The van der Waals surface area contributed by atoms with Gasteiger partial charge in [0.1, 0.15) is 11.9 Å². The SMILES string of the molecule is Br.COC(=O)Cc1ccc2c(c1)CCCC(Br)=C2c1ccc(O[C@H]2CCN(CCCF)C2)cc1. The van der Waals surface area contributed by atoms with E-state index in [0.717, 1.165) is 62.2 Å². The number of halogens is 3. The first-order chi connectivity index (χ1) is 16.1. The predicted octanol–water partition coefficient (Wildman–Crippen LogP) is 6.28. The molecule has 4 rings (SSSR count). The molecule has 184 valence electrons. The molecule has 0 bridgehead atoms. The van der Waals surface area contributed by atoms with Crippen LogP contribution in [-0.2, 0) is 22.4 Å². The van der Waals surface area contributed by atoms with Gasteiger partial charge in [0.05, 0.1) is 20.2 Å². The van der Waals surface area contributed by atoms with E-state index in [2.05, 4.69) is 45.1 Å². The predicted molar refractivity (Wildman–Crippen MR) is 143 cm³/mol. The van der Waals surface area contributed by atoms with Gasteiger partial charge < -0.3 is 9.47 Å². The number of fused-ring (bicyclic) bond motifs is 1. The van der Waals surface area contributed by atoms with E-state index in [0.29, 0.717) is 12.8 Å². The number of nitrogens with zero attached hydrogens (tertiary/aromatic N) is 1. The summed E-state index contributed by atoms with van der Waals surface area (Å²) in [7, 11) is 1.42. The van der Waals surface area contributed by atoms with Crippen LogP contribution in [0.5, 0.6) is 5.75 Å². The Morgan fingerprint density at radius 2 is 1.97 bits per heavy atom. The molecule has 2 aliphatic rings. The first-order valence-corrected chi connectivity index (χ1v) is 12.5. The molecule has 34 heavy (non-hydrogen) atoms. The van der Waals surface area contributed by atoms with E-state index >= 15 is 0 Å². The van der Waals surface area contributed by atoms with Crippen LogP contribution in [0.1, 0.15) is 47.9 Å². The number of alkyl halides is 1. The van der Waals surface area contributed by atoms with Crippen LogP contribution in [-0.4, -0.2) is 50.4 Å². The highest BCUT2D eigenvalue weighted by molar-refractivity contribution is 9.11. The van der Waals surface area contributed by atoms with Crippen LogP contribution in [0.25, 0.3) is 5.57 Å². The Bertz CT molecular complexity index is 1010. The third-order valence-corrected chi connectivity index (χ3v) is 7.20. The highest BCUT2D eigenvalue weighted by atomic mass is 79.9. The topological polar surface area (TPSA) is 38.8 Å². The molecule has 0 amide bonds. The minimum absolute atomic E-state index is 0. The number of methoxy groups -OCH3 is 1. The smallest absolute Gasteiger partial charge is 0.309 e.